The van der Waals surface area contributed by atoms with Crippen molar-refractivity contribution in [2.45, 2.75) is 19.3 Å². The fraction of sp³-hybridized carbons (Fsp3) is 0.333. The van der Waals surface area contributed by atoms with Gasteiger partial charge in [0.25, 0.3) is 5.91 Å². The fourth-order valence-corrected chi connectivity index (χ4v) is 4.00. The van der Waals surface area contributed by atoms with Crippen molar-refractivity contribution in [3.8, 4) is 0 Å². The molecule has 2 aliphatic heterocycles. The maximum Gasteiger partial charge on any atom is 0.251 e. The second kappa shape index (κ2) is 9.59. The Morgan fingerprint density at radius 2 is 1.83 bits per heavy atom. The van der Waals surface area contributed by atoms with Crippen LogP contribution in [0.25, 0.3) is 5.70 Å². The number of amidine groups is 1. The molecule has 2 aromatic rings. The standard InChI is InChI=1S/C24H29N5O/c25-23-18-29(21-10-3-1-4-11-21)22(17-27-23)19-8-7-9-20(16-19)24(30)26-12-15-28-13-5-2-6-14-28/h1,3-4,7-11,16-17H,2,5-6,12-15,18H2,(H2,25,27)(H,26,30). The minimum Gasteiger partial charge on any atom is -0.386 e. The second-order valence-electron chi connectivity index (χ2n) is 7.80. The van der Waals surface area contributed by atoms with Crippen molar-refractivity contribution in [2.75, 3.05) is 37.6 Å². The predicted molar refractivity (Wildman–Crippen MR) is 122 cm³/mol. The van der Waals surface area contributed by atoms with E-state index in [-0.39, 0.29) is 5.91 Å². The Kier molecular flexibility index (Phi) is 6.44. The van der Waals surface area contributed by atoms with E-state index in [1.165, 1.54) is 19.3 Å². The average Bonchev–Trinajstić information content (AvgIpc) is 2.80. The molecule has 156 valence electrons. The van der Waals surface area contributed by atoms with Gasteiger partial charge in [0.15, 0.2) is 0 Å². The van der Waals surface area contributed by atoms with Crippen LogP contribution in [-0.4, -0.2) is 49.4 Å². The molecule has 0 spiro atoms. The van der Waals surface area contributed by atoms with Crippen molar-refractivity contribution in [1.82, 2.24) is 10.2 Å². The highest BCUT2D eigenvalue weighted by Gasteiger charge is 2.19. The zero-order chi connectivity index (χ0) is 20.8. The molecule has 1 saturated heterocycles. The molecule has 2 aliphatic rings. The van der Waals surface area contributed by atoms with Gasteiger partial charge in [-0.1, -0.05) is 36.8 Å². The smallest absolute Gasteiger partial charge is 0.251 e. The average molecular weight is 404 g/mol. The monoisotopic (exact) mass is 403 g/mol. The lowest BCUT2D eigenvalue weighted by atomic mass is 10.1. The first kappa shape index (κ1) is 20.2. The van der Waals surface area contributed by atoms with E-state index in [9.17, 15) is 4.79 Å². The molecule has 3 N–H and O–H groups in total. The molecule has 30 heavy (non-hydrogen) atoms. The van der Waals surface area contributed by atoms with Crippen LogP contribution in [0.3, 0.4) is 0 Å². The molecule has 0 unspecified atom stereocenters. The van der Waals surface area contributed by atoms with Gasteiger partial charge in [0.2, 0.25) is 0 Å². The van der Waals surface area contributed by atoms with Crippen molar-refractivity contribution in [3.05, 3.63) is 71.9 Å². The van der Waals surface area contributed by atoms with Crippen LogP contribution in [0, 0.1) is 0 Å². The zero-order valence-electron chi connectivity index (χ0n) is 17.3. The molecule has 0 radical (unpaired) electrons. The summed E-state index contributed by atoms with van der Waals surface area (Å²) < 4.78 is 0. The van der Waals surface area contributed by atoms with Crippen molar-refractivity contribution in [3.63, 3.8) is 0 Å². The minimum atomic E-state index is -0.0421. The summed E-state index contributed by atoms with van der Waals surface area (Å²) in [6.07, 6.45) is 5.62. The van der Waals surface area contributed by atoms with Crippen LogP contribution in [0.5, 0.6) is 0 Å². The number of amides is 1. The molecule has 4 rings (SSSR count). The lowest BCUT2D eigenvalue weighted by Gasteiger charge is -2.29. The third kappa shape index (κ3) is 4.89. The van der Waals surface area contributed by atoms with E-state index in [1.54, 1.807) is 6.20 Å². The molecular formula is C24H29N5O. The number of benzene rings is 2. The van der Waals surface area contributed by atoms with E-state index in [1.807, 2.05) is 54.6 Å². The zero-order valence-corrected chi connectivity index (χ0v) is 17.3. The molecule has 6 nitrogen and oxygen atoms in total. The van der Waals surface area contributed by atoms with Gasteiger partial charge in [-0.25, -0.2) is 4.99 Å². The van der Waals surface area contributed by atoms with Gasteiger partial charge in [-0.15, -0.1) is 0 Å². The lowest BCUT2D eigenvalue weighted by molar-refractivity contribution is 0.0946. The molecule has 0 aromatic heterocycles. The van der Waals surface area contributed by atoms with E-state index in [0.29, 0.717) is 24.5 Å². The number of rotatable bonds is 6. The van der Waals surface area contributed by atoms with Gasteiger partial charge in [0.1, 0.15) is 5.84 Å². The Balaban J connectivity index is 1.46. The van der Waals surface area contributed by atoms with E-state index < -0.39 is 0 Å². The van der Waals surface area contributed by atoms with Gasteiger partial charge in [-0.3, -0.25) is 4.79 Å². The predicted octanol–water partition coefficient (Wildman–Crippen LogP) is 3.08. The van der Waals surface area contributed by atoms with Crippen LogP contribution in [0.4, 0.5) is 5.69 Å². The third-order valence-corrected chi connectivity index (χ3v) is 5.61. The summed E-state index contributed by atoms with van der Waals surface area (Å²) in [5, 5.41) is 3.07. The summed E-state index contributed by atoms with van der Waals surface area (Å²) in [6.45, 7) is 4.37. The van der Waals surface area contributed by atoms with Gasteiger partial charge in [-0.05, 0) is 50.2 Å². The number of nitrogens with zero attached hydrogens (tertiary/aromatic N) is 3. The van der Waals surface area contributed by atoms with E-state index >= 15 is 0 Å². The van der Waals surface area contributed by atoms with Crippen molar-refractivity contribution >= 4 is 23.1 Å². The number of likely N-dealkylation sites (tertiary alicyclic amines) is 1. The number of nitrogens with one attached hydrogen (secondary N) is 1. The van der Waals surface area contributed by atoms with E-state index in [4.69, 9.17) is 5.73 Å². The van der Waals surface area contributed by atoms with Gasteiger partial charge in [0, 0.05) is 29.9 Å². The van der Waals surface area contributed by atoms with Gasteiger partial charge >= 0.3 is 0 Å². The molecule has 0 aliphatic carbocycles. The highest BCUT2D eigenvalue weighted by Crippen LogP contribution is 2.28. The molecule has 1 amide bonds. The summed E-state index contributed by atoms with van der Waals surface area (Å²) in [6, 6.07) is 17.8. The Hall–Kier alpha value is -3.12. The highest BCUT2D eigenvalue weighted by molar-refractivity contribution is 5.98. The molecule has 6 heteroatoms. The van der Waals surface area contributed by atoms with Gasteiger partial charge in [-0.2, -0.15) is 0 Å². The maximum atomic E-state index is 12.7. The number of carbonyl (C=O) groups is 1. The third-order valence-electron chi connectivity index (χ3n) is 5.61. The highest BCUT2D eigenvalue weighted by atomic mass is 16.1. The maximum absolute atomic E-state index is 12.7. The van der Waals surface area contributed by atoms with Crippen LogP contribution in [0.2, 0.25) is 0 Å². The number of piperidine rings is 1. The molecule has 2 aromatic carbocycles. The first-order chi connectivity index (χ1) is 14.7. The first-order valence-electron chi connectivity index (χ1n) is 10.7. The lowest BCUT2D eigenvalue weighted by Crippen LogP contribution is -2.37. The van der Waals surface area contributed by atoms with E-state index in [0.717, 1.165) is 36.6 Å². The summed E-state index contributed by atoms with van der Waals surface area (Å²) in [4.78, 5) is 21.6. The number of carbonyl (C=O) groups excluding carboxylic acids is 1. The normalized spacial score (nSPS) is 17.3. The summed E-state index contributed by atoms with van der Waals surface area (Å²) in [5.41, 5.74) is 9.56. The van der Waals surface area contributed by atoms with Crippen LogP contribution < -0.4 is 16.0 Å². The SMILES string of the molecule is NC1=NC=C(c2cccc(C(=O)NCCN3CCCCC3)c2)N(c2ccccc2)C1. The topological polar surface area (TPSA) is 74.0 Å². The first-order valence-corrected chi connectivity index (χ1v) is 10.7. The molecule has 0 saturated carbocycles. The number of hydrogen-bond acceptors (Lipinski definition) is 5. The van der Waals surface area contributed by atoms with Crippen LogP contribution >= 0.6 is 0 Å². The summed E-state index contributed by atoms with van der Waals surface area (Å²) >= 11 is 0. The van der Waals surface area contributed by atoms with Gasteiger partial charge < -0.3 is 20.9 Å². The van der Waals surface area contributed by atoms with Crippen LogP contribution in [0.15, 0.2) is 65.8 Å². The van der Waals surface area contributed by atoms with Crippen molar-refractivity contribution in [2.24, 2.45) is 10.7 Å². The molecule has 0 atom stereocenters. The summed E-state index contributed by atoms with van der Waals surface area (Å²) in [5.74, 6) is 0.522. The summed E-state index contributed by atoms with van der Waals surface area (Å²) in [7, 11) is 0. The number of anilines is 1. The quantitative estimate of drug-likeness (QED) is 0.777. The Labute approximate surface area is 178 Å². The molecular weight excluding hydrogens is 374 g/mol. The van der Waals surface area contributed by atoms with Crippen molar-refractivity contribution < 1.29 is 4.79 Å². The van der Waals surface area contributed by atoms with Crippen LogP contribution in [-0.2, 0) is 0 Å². The van der Waals surface area contributed by atoms with Crippen molar-refractivity contribution in [1.29, 1.82) is 0 Å². The second-order valence-corrected chi connectivity index (χ2v) is 7.80. The van der Waals surface area contributed by atoms with E-state index in [2.05, 4.69) is 20.1 Å². The molecule has 2 heterocycles. The number of para-hydroxylation sites is 1. The fourth-order valence-electron chi connectivity index (χ4n) is 4.00. The number of nitrogens with two attached hydrogens (primary N) is 1. The Morgan fingerprint density at radius 1 is 1.03 bits per heavy atom. The largest absolute Gasteiger partial charge is 0.386 e. The molecule has 1 fully saturated rings. The van der Waals surface area contributed by atoms with Crippen LogP contribution in [0.1, 0.15) is 35.2 Å². The number of aliphatic imine (C=N–C) groups is 1. The molecule has 0 bridgehead atoms. The minimum absolute atomic E-state index is 0.0421. The Morgan fingerprint density at radius 3 is 2.63 bits per heavy atom. The van der Waals surface area contributed by atoms with Gasteiger partial charge in [0.05, 0.1) is 18.4 Å². The Bertz CT molecular complexity index is 932. The number of hydrogen-bond donors (Lipinski definition) is 2.